The van der Waals surface area contributed by atoms with Crippen LogP contribution >= 0.6 is 34.8 Å². The molecule has 1 atom stereocenters. The molecule has 1 aromatic carbocycles. The molecule has 0 spiro atoms. The van der Waals surface area contributed by atoms with Crippen molar-refractivity contribution < 1.29 is 9.53 Å². The van der Waals surface area contributed by atoms with E-state index in [0.29, 0.717) is 32.8 Å². The van der Waals surface area contributed by atoms with Gasteiger partial charge >= 0.3 is 0 Å². The van der Waals surface area contributed by atoms with Crippen LogP contribution in [-0.4, -0.2) is 12.9 Å². The average Bonchev–Trinajstić information content (AvgIpc) is 2.52. The summed E-state index contributed by atoms with van der Waals surface area (Å²) in [5.74, 6) is 0.590. The first-order valence-electron chi connectivity index (χ1n) is 7.78. The zero-order valence-corrected chi connectivity index (χ0v) is 15.9. The van der Waals surface area contributed by atoms with Gasteiger partial charge in [-0.2, -0.15) is 0 Å². The predicted molar refractivity (Wildman–Crippen MR) is 97.2 cm³/mol. The number of benzene rings is 1. The number of aryl methyl sites for hydroxylation is 1. The Morgan fingerprint density at radius 2 is 2.09 bits per heavy atom. The number of ether oxygens (including phenoxy) is 1. The zero-order valence-electron chi connectivity index (χ0n) is 13.6. The molecule has 0 amide bonds. The third kappa shape index (κ3) is 3.55. The van der Waals surface area contributed by atoms with Crippen LogP contribution in [0, 0.1) is 5.41 Å². The van der Waals surface area contributed by atoms with Crippen LogP contribution in [0.5, 0.6) is 5.75 Å². The average molecular weight is 376 g/mol. The molecule has 23 heavy (non-hydrogen) atoms. The summed E-state index contributed by atoms with van der Waals surface area (Å²) in [4.78, 5) is 13.3. The van der Waals surface area contributed by atoms with Crippen LogP contribution in [0.1, 0.15) is 55.5 Å². The molecule has 0 aliphatic heterocycles. The number of carbonyl (C=O) groups is 1. The van der Waals surface area contributed by atoms with Gasteiger partial charge in [0.15, 0.2) is 5.78 Å². The summed E-state index contributed by atoms with van der Waals surface area (Å²) in [6, 6.07) is 1.83. The summed E-state index contributed by atoms with van der Waals surface area (Å²) in [5.41, 5.74) is 1.02. The zero-order chi connectivity index (χ0) is 17.2. The SMILES string of the molecule is CCCC1(CC=C(C)Cl)CCc2cc(OC)c(Cl)c(Cl)c2C1=O. The lowest BCUT2D eigenvalue weighted by molar-refractivity contribution is 0.0739. The smallest absolute Gasteiger partial charge is 0.171 e. The Labute approximate surface area is 152 Å². The van der Waals surface area contributed by atoms with Crippen molar-refractivity contribution >= 4 is 40.6 Å². The number of methoxy groups -OCH3 is 1. The fraction of sp³-hybridized carbons (Fsp3) is 0.500. The van der Waals surface area contributed by atoms with Crippen molar-refractivity contribution in [2.45, 2.75) is 46.0 Å². The Kier molecular flexibility index (Phi) is 6.05. The van der Waals surface area contributed by atoms with Gasteiger partial charge in [-0.15, -0.1) is 0 Å². The number of fused-ring (bicyclic) bond motifs is 1. The highest BCUT2D eigenvalue weighted by molar-refractivity contribution is 6.45. The summed E-state index contributed by atoms with van der Waals surface area (Å²) in [5, 5.41) is 1.31. The molecule has 0 radical (unpaired) electrons. The highest BCUT2D eigenvalue weighted by atomic mass is 35.5. The Bertz CT molecular complexity index is 648. The minimum absolute atomic E-state index is 0.0734. The van der Waals surface area contributed by atoms with Gasteiger partial charge in [0.05, 0.1) is 12.1 Å². The molecule has 5 heteroatoms. The van der Waals surface area contributed by atoms with Crippen molar-refractivity contribution in [1.82, 2.24) is 0 Å². The normalized spacial score (nSPS) is 21.3. The first-order valence-corrected chi connectivity index (χ1v) is 8.91. The van der Waals surface area contributed by atoms with Gasteiger partial charge in [0.2, 0.25) is 0 Å². The molecule has 1 aliphatic carbocycles. The maximum Gasteiger partial charge on any atom is 0.171 e. The van der Waals surface area contributed by atoms with Crippen LogP contribution in [-0.2, 0) is 6.42 Å². The molecular formula is C18H21Cl3O2. The van der Waals surface area contributed by atoms with Gasteiger partial charge in [0.25, 0.3) is 0 Å². The molecule has 0 bridgehead atoms. The molecule has 0 N–H and O–H groups in total. The van der Waals surface area contributed by atoms with Crippen molar-refractivity contribution in [2.24, 2.45) is 5.41 Å². The number of halogens is 3. The Morgan fingerprint density at radius 3 is 2.65 bits per heavy atom. The number of Topliss-reactive ketones (excluding diaryl/α,β-unsaturated/α-hetero) is 1. The van der Waals surface area contributed by atoms with Gasteiger partial charge in [-0.1, -0.05) is 54.2 Å². The van der Waals surface area contributed by atoms with Crippen molar-refractivity contribution in [3.8, 4) is 5.75 Å². The maximum atomic E-state index is 13.3. The van der Waals surface area contributed by atoms with E-state index in [4.69, 9.17) is 39.5 Å². The molecule has 1 aromatic rings. The molecular weight excluding hydrogens is 355 g/mol. The molecule has 2 rings (SSSR count). The van der Waals surface area contributed by atoms with Crippen molar-refractivity contribution in [3.05, 3.63) is 38.3 Å². The van der Waals surface area contributed by atoms with Gasteiger partial charge in [0, 0.05) is 16.0 Å². The second kappa shape index (κ2) is 7.46. The van der Waals surface area contributed by atoms with Gasteiger partial charge in [0.1, 0.15) is 10.8 Å². The number of hydrogen-bond donors (Lipinski definition) is 0. The van der Waals surface area contributed by atoms with E-state index in [1.807, 2.05) is 19.1 Å². The maximum absolute atomic E-state index is 13.3. The molecule has 1 unspecified atom stereocenters. The highest BCUT2D eigenvalue weighted by Gasteiger charge is 2.42. The van der Waals surface area contributed by atoms with E-state index in [0.717, 1.165) is 31.2 Å². The number of carbonyl (C=O) groups excluding carboxylic acids is 1. The lowest BCUT2D eigenvalue weighted by atomic mass is 9.66. The van der Waals surface area contributed by atoms with Gasteiger partial charge in [-0.25, -0.2) is 0 Å². The fourth-order valence-corrected chi connectivity index (χ4v) is 3.95. The van der Waals surface area contributed by atoms with E-state index >= 15 is 0 Å². The monoisotopic (exact) mass is 374 g/mol. The van der Waals surface area contributed by atoms with E-state index < -0.39 is 5.41 Å². The third-order valence-corrected chi connectivity index (χ3v) is 5.56. The number of ketones is 1. The second-order valence-electron chi connectivity index (χ2n) is 6.10. The van der Waals surface area contributed by atoms with E-state index in [9.17, 15) is 4.79 Å². The quantitative estimate of drug-likeness (QED) is 0.591. The third-order valence-electron chi connectivity index (χ3n) is 4.56. The highest BCUT2D eigenvalue weighted by Crippen LogP contribution is 2.48. The summed E-state index contributed by atoms with van der Waals surface area (Å²) < 4.78 is 5.25. The van der Waals surface area contributed by atoms with Gasteiger partial charge < -0.3 is 4.74 Å². The van der Waals surface area contributed by atoms with Crippen LogP contribution in [0.2, 0.25) is 10.0 Å². The predicted octanol–water partition coefficient (Wildman–Crippen LogP) is 6.45. The molecule has 0 heterocycles. The van der Waals surface area contributed by atoms with Crippen molar-refractivity contribution in [3.63, 3.8) is 0 Å². The topological polar surface area (TPSA) is 26.3 Å². The lowest BCUT2D eigenvalue weighted by Crippen LogP contribution is -2.36. The lowest BCUT2D eigenvalue weighted by Gasteiger charge is -2.37. The number of rotatable bonds is 5. The van der Waals surface area contributed by atoms with E-state index in [2.05, 4.69) is 6.92 Å². The van der Waals surface area contributed by atoms with Crippen LogP contribution in [0.3, 0.4) is 0 Å². The first-order chi connectivity index (χ1) is 10.9. The number of hydrogen-bond acceptors (Lipinski definition) is 2. The summed E-state index contributed by atoms with van der Waals surface area (Å²) >= 11 is 18.6. The largest absolute Gasteiger partial charge is 0.495 e. The molecule has 2 nitrogen and oxygen atoms in total. The molecule has 0 saturated carbocycles. The van der Waals surface area contributed by atoms with Crippen LogP contribution in [0.4, 0.5) is 0 Å². The van der Waals surface area contributed by atoms with Crippen LogP contribution < -0.4 is 4.74 Å². The Balaban J connectivity index is 2.53. The summed E-state index contributed by atoms with van der Waals surface area (Å²) in [6.45, 7) is 3.92. The van der Waals surface area contributed by atoms with E-state index in [1.54, 1.807) is 7.11 Å². The fourth-order valence-electron chi connectivity index (χ4n) is 3.35. The van der Waals surface area contributed by atoms with Crippen molar-refractivity contribution in [2.75, 3.05) is 7.11 Å². The second-order valence-corrected chi connectivity index (χ2v) is 7.45. The molecule has 0 saturated heterocycles. The van der Waals surface area contributed by atoms with Crippen LogP contribution in [0.25, 0.3) is 0 Å². The molecule has 1 aliphatic rings. The Morgan fingerprint density at radius 1 is 1.39 bits per heavy atom. The minimum atomic E-state index is -0.445. The van der Waals surface area contributed by atoms with Crippen LogP contribution in [0.15, 0.2) is 17.2 Å². The van der Waals surface area contributed by atoms with Gasteiger partial charge in [-0.3, -0.25) is 4.79 Å². The standard InChI is InChI=1S/C18H21Cl3O2/c1-4-7-18(8-5-11(2)19)9-6-12-10-13(23-3)15(20)16(21)14(12)17(18)22/h5,10H,4,6-9H2,1-3H3. The van der Waals surface area contributed by atoms with Gasteiger partial charge in [-0.05, 0) is 44.2 Å². The summed E-state index contributed by atoms with van der Waals surface area (Å²) in [7, 11) is 1.55. The summed E-state index contributed by atoms with van der Waals surface area (Å²) in [6.07, 6.45) is 5.87. The van der Waals surface area contributed by atoms with E-state index in [1.165, 1.54) is 0 Å². The minimum Gasteiger partial charge on any atom is -0.495 e. The van der Waals surface area contributed by atoms with E-state index in [-0.39, 0.29) is 5.78 Å². The molecule has 0 aromatic heterocycles. The first kappa shape index (κ1) is 18.6. The Hall–Kier alpha value is -0.700. The van der Waals surface area contributed by atoms with Crippen molar-refractivity contribution in [1.29, 1.82) is 0 Å². The molecule has 0 fully saturated rings. The molecule has 126 valence electrons. The number of allylic oxidation sites excluding steroid dienone is 2.